The van der Waals surface area contributed by atoms with E-state index in [-0.39, 0.29) is 23.9 Å². The molecule has 3 rings (SSSR count). The van der Waals surface area contributed by atoms with Gasteiger partial charge in [-0.25, -0.2) is 4.39 Å². The summed E-state index contributed by atoms with van der Waals surface area (Å²) >= 11 is 3.26. The standard InChI is InChI=1S/C14H9BrF3NO2/c15-9-1-3-11(16)8(5-9)7-19-10-2-4-12-13(6-10)21-14(17,18)20-12/h1-6,19H,7H2. The minimum Gasteiger partial charge on any atom is -0.395 e. The van der Waals surface area contributed by atoms with Crippen LogP contribution in [0.2, 0.25) is 0 Å². The predicted molar refractivity (Wildman–Crippen MR) is 74.1 cm³/mol. The van der Waals surface area contributed by atoms with E-state index in [2.05, 4.69) is 30.7 Å². The summed E-state index contributed by atoms with van der Waals surface area (Å²) in [6, 6.07) is 8.90. The highest BCUT2D eigenvalue weighted by Gasteiger charge is 2.43. The Hall–Kier alpha value is -1.89. The third-order valence-electron chi connectivity index (χ3n) is 2.89. The topological polar surface area (TPSA) is 30.5 Å². The lowest BCUT2D eigenvalue weighted by Crippen LogP contribution is -2.25. The van der Waals surface area contributed by atoms with Crippen molar-refractivity contribution < 1.29 is 22.6 Å². The van der Waals surface area contributed by atoms with E-state index in [1.54, 1.807) is 18.2 Å². The number of hydrogen-bond donors (Lipinski definition) is 1. The number of nitrogens with one attached hydrogen (secondary N) is 1. The average molecular weight is 360 g/mol. The van der Waals surface area contributed by atoms with Crippen LogP contribution >= 0.6 is 15.9 Å². The second kappa shape index (κ2) is 5.14. The maximum Gasteiger partial charge on any atom is 0.586 e. The lowest BCUT2D eigenvalue weighted by molar-refractivity contribution is -0.286. The second-order valence-corrected chi connectivity index (χ2v) is 5.33. The van der Waals surface area contributed by atoms with Crippen LogP contribution in [0.4, 0.5) is 18.9 Å². The molecular weight excluding hydrogens is 351 g/mol. The zero-order valence-electron chi connectivity index (χ0n) is 10.5. The van der Waals surface area contributed by atoms with Crippen molar-refractivity contribution in [3.8, 4) is 11.5 Å². The molecule has 0 aliphatic carbocycles. The highest BCUT2D eigenvalue weighted by atomic mass is 79.9. The molecule has 0 aromatic heterocycles. The lowest BCUT2D eigenvalue weighted by atomic mass is 10.2. The molecule has 0 bridgehead atoms. The number of hydrogen-bond acceptors (Lipinski definition) is 3. The van der Waals surface area contributed by atoms with Crippen molar-refractivity contribution in [3.63, 3.8) is 0 Å². The molecule has 1 aliphatic heterocycles. The summed E-state index contributed by atoms with van der Waals surface area (Å²) in [4.78, 5) is 0. The van der Waals surface area contributed by atoms with Gasteiger partial charge in [-0.05, 0) is 30.3 Å². The zero-order chi connectivity index (χ0) is 15.0. The normalized spacial score (nSPS) is 15.0. The molecular formula is C14H9BrF3NO2. The van der Waals surface area contributed by atoms with Crippen LogP contribution in [-0.2, 0) is 6.54 Å². The van der Waals surface area contributed by atoms with E-state index < -0.39 is 6.29 Å². The minimum absolute atomic E-state index is 0.0285. The lowest BCUT2D eigenvalue weighted by Gasteiger charge is -2.08. The van der Waals surface area contributed by atoms with E-state index in [9.17, 15) is 13.2 Å². The first-order chi connectivity index (χ1) is 9.93. The number of rotatable bonds is 3. The molecule has 0 fully saturated rings. The van der Waals surface area contributed by atoms with Crippen LogP contribution in [0.5, 0.6) is 11.5 Å². The Kier molecular flexibility index (Phi) is 3.44. The molecule has 1 heterocycles. The molecule has 110 valence electrons. The summed E-state index contributed by atoms with van der Waals surface area (Å²) in [5.74, 6) is -0.433. The van der Waals surface area contributed by atoms with Gasteiger partial charge in [-0.15, -0.1) is 8.78 Å². The second-order valence-electron chi connectivity index (χ2n) is 4.42. The molecule has 0 spiro atoms. The van der Waals surface area contributed by atoms with Crippen molar-refractivity contribution in [1.29, 1.82) is 0 Å². The molecule has 1 aliphatic rings. The largest absolute Gasteiger partial charge is 0.586 e. The highest BCUT2D eigenvalue weighted by Crippen LogP contribution is 2.42. The predicted octanol–water partition coefficient (Wildman–Crippen LogP) is 4.52. The van der Waals surface area contributed by atoms with Gasteiger partial charge in [-0.2, -0.15) is 0 Å². The number of alkyl halides is 2. The molecule has 21 heavy (non-hydrogen) atoms. The molecule has 0 atom stereocenters. The van der Waals surface area contributed by atoms with E-state index in [1.165, 1.54) is 18.2 Å². The van der Waals surface area contributed by atoms with E-state index in [0.717, 1.165) is 4.47 Å². The summed E-state index contributed by atoms with van der Waals surface area (Å²) in [5, 5.41) is 2.94. The Morgan fingerprint density at radius 2 is 1.81 bits per heavy atom. The zero-order valence-corrected chi connectivity index (χ0v) is 12.1. The maximum absolute atomic E-state index is 13.6. The number of benzene rings is 2. The summed E-state index contributed by atoms with van der Waals surface area (Å²) in [6.07, 6.45) is -3.64. The third-order valence-corrected chi connectivity index (χ3v) is 3.39. The monoisotopic (exact) mass is 359 g/mol. The van der Waals surface area contributed by atoms with Gasteiger partial charge < -0.3 is 14.8 Å². The smallest absolute Gasteiger partial charge is 0.395 e. The van der Waals surface area contributed by atoms with Gasteiger partial charge in [0.05, 0.1) is 0 Å². The Morgan fingerprint density at radius 1 is 1.05 bits per heavy atom. The third kappa shape index (κ3) is 3.07. The molecule has 2 aromatic rings. The van der Waals surface area contributed by atoms with Gasteiger partial charge in [0.1, 0.15) is 5.82 Å². The van der Waals surface area contributed by atoms with Crippen molar-refractivity contribution in [2.75, 3.05) is 5.32 Å². The number of ether oxygens (including phenoxy) is 2. The quantitative estimate of drug-likeness (QED) is 0.873. The van der Waals surface area contributed by atoms with Crippen LogP contribution < -0.4 is 14.8 Å². The molecule has 0 amide bonds. The summed E-state index contributed by atoms with van der Waals surface area (Å²) < 4.78 is 48.8. The fourth-order valence-corrected chi connectivity index (χ4v) is 2.34. The molecule has 2 aromatic carbocycles. The van der Waals surface area contributed by atoms with Crippen LogP contribution in [0.15, 0.2) is 40.9 Å². The minimum atomic E-state index is -3.64. The van der Waals surface area contributed by atoms with Gasteiger partial charge in [-0.3, -0.25) is 0 Å². The van der Waals surface area contributed by atoms with Crippen molar-refractivity contribution in [3.05, 3.63) is 52.3 Å². The van der Waals surface area contributed by atoms with Gasteiger partial charge in [0.2, 0.25) is 0 Å². The van der Waals surface area contributed by atoms with Gasteiger partial charge in [-0.1, -0.05) is 15.9 Å². The van der Waals surface area contributed by atoms with Crippen LogP contribution in [0, 0.1) is 5.82 Å². The fraction of sp³-hybridized carbons (Fsp3) is 0.143. The Labute approximate surface area is 126 Å². The first-order valence-electron chi connectivity index (χ1n) is 6.01. The molecule has 0 saturated heterocycles. The molecule has 3 nitrogen and oxygen atoms in total. The van der Waals surface area contributed by atoms with Gasteiger partial charge >= 0.3 is 6.29 Å². The van der Waals surface area contributed by atoms with Gasteiger partial charge in [0.15, 0.2) is 11.5 Å². The molecule has 0 saturated carbocycles. The summed E-state index contributed by atoms with van der Waals surface area (Å²) in [5.41, 5.74) is 0.974. The molecule has 0 radical (unpaired) electrons. The average Bonchev–Trinajstić information content (AvgIpc) is 2.72. The van der Waals surface area contributed by atoms with E-state index in [4.69, 9.17) is 0 Å². The highest BCUT2D eigenvalue weighted by molar-refractivity contribution is 9.10. The first-order valence-corrected chi connectivity index (χ1v) is 6.80. The number of halogens is 4. The van der Waals surface area contributed by atoms with Crippen molar-refractivity contribution in [1.82, 2.24) is 0 Å². The van der Waals surface area contributed by atoms with Crippen molar-refractivity contribution >= 4 is 21.6 Å². The Morgan fingerprint density at radius 3 is 2.62 bits per heavy atom. The van der Waals surface area contributed by atoms with Crippen molar-refractivity contribution in [2.45, 2.75) is 12.8 Å². The summed E-state index contributed by atoms with van der Waals surface area (Å²) in [6.45, 7) is 0.210. The van der Waals surface area contributed by atoms with E-state index in [1.807, 2.05) is 0 Å². The molecule has 0 unspecified atom stereocenters. The number of anilines is 1. The van der Waals surface area contributed by atoms with Gasteiger partial charge in [0, 0.05) is 28.3 Å². The Bertz CT molecular complexity index is 694. The van der Waals surface area contributed by atoms with Crippen molar-refractivity contribution in [2.24, 2.45) is 0 Å². The fourth-order valence-electron chi connectivity index (χ4n) is 1.94. The Balaban J connectivity index is 1.74. The number of fused-ring (bicyclic) bond motifs is 1. The molecule has 7 heteroatoms. The van der Waals surface area contributed by atoms with Crippen LogP contribution in [0.25, 0.3) is 0 Å². The van der Waals surface area contributed by atoms with E-state index in [0.29, 0.717) is 11.3 Å². The van der Waals surface area contributed by atoms with Crippen LogP contribution in [0.1, 0.15) is 5.56 Å². The molecule has 1 N–H and O–H groups in total. The van der Waals surface area contributed by atoms with Gasteiger partial charge in [0.25, 0.3) is 0 Å². The van der Waals surface area contributed by atoms with Crippen LogP contribution in [-0.4, -0.2) is 6.29 Å². The summed E-state index contributed by atoms with van der Waals surface area (Å²) in [7, 11) is 0. The van der Waals surface area contributed by atoms with E-state index >= 15 is 0 Å². The van der Waals surface area contributed by atoms with Crippen LogP contribution in [0.3, 0.4) is 0 Å². The maximum atomic E-state index is 13.6. The first kappa shape index (κ1) is 14.1. The SMILES string of the molecule is Fc1ccc(Br)cc1CNc1ccc2c(c1)OC(F)(F)O2.